The van der Waals surface area contributed by atoms with Gasteiger partial charge in [-0.2, -0.15) is 0 Å². The van der Waals surface area contributed by atoms with Crippen molar-refractivity contribution in [2.45, 2.75) is 33.6 Å². The topological polar surface area (TPSA) is 83.2 Å². The molecule has 38 heavy (non-hydrogen) atoms. The van der Waals surface area contributed by atoms with E-state index >= 15 is 0 Å². The quantitative estimate of drug-likeness (QED) is 0.171. The molecule has 0 bridgehead atoms. The van der Waals surface area contributed by atoms with Crippen LogP contribution in [0.1, 0.15) is 33.6 Å². The second-order valence-corrected chi connectivity index (χ2v) is 8.41. The monoisotopic (exact) mass is 513 g/mol. The molecule has 0 fully saturated rings. The second kappa shape index (κ2) is 15.6. The van der Waals surface area contributed by atoms with Crippen molar-refractivity contribution < 1.29 is 9.53 Å². The fraction of sp³-hybridized carbons (Fsp3) is 0.226. The van der Waals surface area contributed by atoms with E-state index in [1.807, 2.05) is 97.9 Å². The fourth-order valence-electron chi connectivity index (χ4n) is 3.43. The van der Waals surface area contributed by atoms with E-state index in [0.29, 0.717) is 35.1 Å². The molecule has 0 radical (unpaired) electrons. The van der Waals surface area contributed by atoms with Gasteiger partial charge in [-0.3, -0.25) is 9.69 Å². The molecule has 7 nitrogen and oxygen atoms in total. The number of carbonyl (C=O) groups excluding carboxylic acids is 1. The van der Waals surface area contributed by atoms with Crippen molar-refractivity contribution in [2.24, 2.45) is 10.7 Å². The van der Waals surface area contributed by atoms with E-state index in [2.05, 4.69) is 30.7 Å². The van der Waals surface area contributed by atoms with Gasteiger partial charge >= 0.3 is 0 Å². The zero-order valence-electron chi connectivity index (χ0n) is 23.0. The lowest BCUT2D eigenvalue weighted by molar-refractivity contribution is -0.106. The number of anilines is 3. The molecule has 0 atom stereocenters. The Morgan fingerprint density at radius 2 is 1.50 bits per heavy atom. The predicted octanol–water partition coefficient (Wildman–Crippen LogP) is 7.16. The van der Waals surface area contributed by atoms with E-state index in [1.165, 1.54) is 23.9 Å². The van der Waals surface area contributed by atoms with E-state index in [1.54, 1.807) is 6.92 Å². The summed E-state index contributed by atoms with van der Waals surface area (Å²) >= 11 is 0. The zero-order valence-corrected chi connectivity index (χ0v) is 23.0. The first kappa shape index (κ1) is 29.7. The molecule has 3 aromatic rings. The highest BCUT2D eigenvalue weighted by Gasteiger charge is 2.23. The smallest absolute Gasteiger partial charge is 0.219 e. The van der Waals surface area contributed by atoms with E-state index < -0.39 is 0 Å². The summed E-state index contributed by atoms with van der Waals surface area (Å²) in [7, 11) is 3.70. The summed E-state index contributed by atoms with van der Waals surface area (Å²) in [5.74, 6) is 1.82. The maximum Gasteiger partial charge on any atom is 0.219 e. The number of carbonyl (C=O) groups is 1. The fourth-order valence-corrected chi connectivity index (χ4v) is 3.43. The summed E-state index contributed by atoms with van der Waals surface area (Å²) in [4.78, 5) is 19.9. The van der Waals surface area contributed by atoms with E-state index in [9.17, 15) is 4.79 Å². The SMILES string of the molecule is C=CN=C(/C(=C(\C)N)N(C)c1ccc(Oc2ccccc2)cc1)N(C=O)c1ccc(NC)cc1.CCCC. The Morgan fingerprint density at radius 1 is 0.947 bits per heavy atom. The number of rotatable bonds is 10. The van der Waals surface area contributed by atoms with Crippen LogP contribution in [0, 0.1) is 0 Å². The van der Waals surface area contributed by atoms with E-state index in [-0.39, 0.29) is 0 Å². The standard InChI is InChI=1S/C27H29N5O2.C4H10/c1-5-30-27(32(19-33)23-13-11-21(29-3)12-14-23)26(20(2)28)31(4)22-15-17-25(18-16-22)34-24-9-7-6-8-10-24;1-3-4-2/h5-19,29H,1,28H2,2-4H3;3-4H2,1-2H3/b26-20-,30-27?;. The molecule has 1 amide bonds. The van der Waals surface area contributed by atoms with Gasteiger partial charge in [0.25, 0.3) is 0 Å². The Hall–Kier alpha value is -4.52. The average molecular weight is 514 g/mol. The van der Waals surface area contributed by atoms with Gasteiger partial charge in [-0.05, 0) is 67.6 Å². The van der Waals surface area contributed by atoms with E-state index in [4.69, 9.17) is 10.5 Å². The molecule has 0 saturated carbocycles. The lowest BCUT2D eigenvalue weighted by Gasteiger charge is -2.29. The normalized spacial score (nSPS) is 11.3. The molecule has 0 aliphatic heterocycles. The van der Waals surface area contributed by atoms with Crippen LogP contribution in [0.3, 0.4) is 0 Å². The molecule has 0 spiro atoms. The maximum atomic E-state index is 12.2. The Labute approximate surface area is 226 Å². The summed E-state index contributed by atoms with van der Waals surface area (Å²) in [5.41, 5.74) is 9.78. The molecule has 200 valence electrons. The van der Waals surface area contributed by atoms with Crippen LogP contribution in [0.2, 0.25) is 0 Å². The van der Waals surface area contributed by atoms with Gasteiger partial charge in [-0.1, -0.05) is 51.5 Å². The Kier molecular flexibility index (Phi) is 12.2. The van der Waals surface area contributed by atoms with Crippen molar-refractivity contribution in [2.75, 3.05) is 29.2 Å². The van der Waals surface area contributed by atoms with E-state index in [0.717, 1.165) is 17.1 Å². The second-order valence-electron chi connectivity index (χ2n) is 8.41. The van der Waals surface area contributed by atoms with Crippen LogP contribution in [0.5, 0.6) is 11.5 Å². The van der Waals surface area contributed by atoms with Gasteiger partial charge in [-0.25, -0.2) is 4.99 Å². The Morgan fingerprint density at radius 3 is 1.97 bits per heavy atom. The number of nitrogens with one attached hydrogen (secondary N) is 1. The van der Waals surface area contributed by atoms with Crippen LogP contribution in [-0.4, -0.2) is 26.3 Å². The molecule has 0 saturated heterocycles. The number of amides is 1. The van der Waals surface area contributed by atoms with Crippen molar-refractivity contribution in [3.8, 4) is 11.5 Å². The number of aliphatic imine (C=N–C) groups is 1. The van der Waals surface area contributed by atoms with Crippen molar-refractivity contribution >= 4 is 29.3 Å². The largest absolute Gasteiger partial charge is 0.457 e. The van der Waals surface area contributed by atoms with Crippen LogP contribution in [0.25, 0.3) is 0 Å². The molecule has 0 aliphatic carbocycles. The molecule has 0 aliphatic rings. The molecule has 0 heterocycles. The number of allylic oxidation sites excluding steroid dienone is 1. The van der Waals surface area contributed by atoms with Crippen LogP contribution < -0.4 is 25.6 Å². The van der Waals surface area contributed by atoms with Gasteiger partial charge in [0.15, 0.2) is 5.84 Å². The third-order valence-corrected chi connectivity index (χ3v) is 5.60. The number of likely N-dealkylation sites (N-methyl/N-ethyl adjacent to an activating group) is 1. The predicted molar refractivity (Wildman–Crippen MR) is 161 cm³/mol. The molecule has 3 aromatic carbocycles. The average Bonchev–Trinajstić information content (AvgIpc) is 2.95. The summed E-state index contributed by atoms with van der Waals surface area (Å²) in [6.07, 6.45) is 4.74. The van der Waals surface area contributed by atoms with Gasteiger partial charge in [0.05, 0.1) is 5.69 Å². The van der Waals surface area contributed by atoms with Crippen LogP contribution in [0.15, 0.2) is 108 Å². The minimum atomic E-state index is 0.356. The first-order valence-electron chi connectivity index (χ1n) is 12.6. The van der Waals surface area contributed by atoms with Crippen molar-refractivity contribution in [1.82, 2.24) is 0 Å². The van der Waals surface area contributed by atoms with Crippen molar-refractivity contribution in [1.29, 1.82) is 0 Å². The molecule has 0 unspecified atom stereocenters. The Bertz CT molecular complexity index is 1200. The highest BCUT2D eigenvalue weighted by molar-refractivity contribution is 6.20. The summed E-state index contributed by atoms with van der Waals surface area (Å²) < 4.78 is 5.89. The van der Waals surface area contributed by atoms with Crippen LogP contribution >= 0.6 is 0 Å². The van der Waals surface area contributed by atoms with Gasteiger partial charge in [0.2, 0.25) is 6.41 Å². The number of amidine groups is 1. The summed E-state index contributed by atoms with van der Waals surface area (Å²) in [6, 6.07) is 24.6. The third-order valence-electron chi connectivity index (χ3n) is 5.60. The minimum absolute atomic E-state index is 0.356. The first-order chi connectivity index (χ1) is 18.4. The third kappa shape index (κ3) is 8.27. The maximum absolute atomic E-state index is 12.2. The number of nitrogens with zero attached hydrogens (tertiary/aromatic N) is 3. The lowest BCUT2D eigenvalue weighted by Crippen LogP contribution is -2.38. The summed E-state index contributed by atoms with van der Waals surface area (Å²) in [6.45, 7) is 9.85. The van der Waals surface area contributed by atoms with Gasteiger partial charge in [-0.15, -0.1) is 0 Å². The molecular weight excluding hydrogens is 474 g/mol. The van der Waals surface area contributed by atoms with Crippen molar-refractivity contribution in [3.05, 3.63) is 103 Å². The molecule has 3 rings (SSSR count). The molecule has 0 aromatic heterocycles. The molecular formula is C31H39N5O2. The number of nitrogens with two attached hydrogens (primary N) is 1. The highest BCUT2D eigenvalue weighted by atomic mass is 16.5. The minimum Gasteiger partial charge on any atom is -0.457 e. The number of ether oxygens (including phenoxy) is 1. The number of unbranched alkanes of at least 4 members (excludes halogenated alkanes) is 1. The van der Waals surface area contributed by atoms with Gasteiger partial charge < -0.3 is 20.7 Å². The van der Waals surface area contributed by atoms with Crippen LogP contribution in [-0.2, 0) is 4.79 Å². The van der Waals surface area contributed by atoms with Gasteiger partial charge in [0, 0.05) is 37.4 Å². The summed E-state index contributed by atoms with van der Waals surface area (Å²) in [5, 5.41) is 3.06. The molecule has 3 N–H and O–H groups in total. The lowest BCUT2D eigenvalue weighted by atomic mass is 10.2. The highest BCUT2D eigenvalue weighted by Crippen LogP contribution is 2.28. The molecule has 7 heteroatoms. The van der Waals surface area contributed by atoms with Crippen molar-refractivity contribution in [3.63, 3.8) is 0 Å². The number of hydrogen-bond donors (Lipinski definition) is 2. The van der Waals surface area contributed by atoms with Crippen LogP contribution in [0.4, 0.5) is 17.1 Å². The Balaban J connectivity index is 0.00000118. The zero-order chi connectivity index (χ0) is 27.9. The number of para-hydroxylation sites is 1. The first-order valence-corrected chi connectivity index (χ1v) is 12.6. The number of benzene rings is 3. The number of hydrogen-bond acceptors (Lipinski definition) is 6. The van der Waals surface area contributed by atoms with Gasteiger partial charge in [0.1, 0.15) is 17.2 Å².